The Morgan fingerprint density at radius 2 is 2.21 bits per heavy atom. The molecule has 0 aliphatic carbocycles. The van der Waals surface area contributed by atoms with E-state index < -0.39 is 0 Å². The average molecular weight is 195 g/mol. The Hall–Kier alpha value is -1.22. The zero-order valence-electron chi connectivity index (χ0n) is 8.38. The van der Waals surface area contributed by atoms with Gasteiger partial charge >= 0.3 is 0 Å². The van der Waals surface area contributed by atoms with Crippen LogP contribution in [0.25, 0.3) is 0 Å². The largest absolute Gasteiger partial charge is 0.328 e. The molecule has 0 aliphatic heterocycles. The van der Waals surface area contributed by atoms with E-state index in [2.05, 4.69) is 0 Å². The lowest BCUT2D eigenvalue weighted by molar-refractivity contribution is 0.0975. The van der Waals surface area contributed by atoms with E-state index in [-0.39, 0.29) is 24.1 Å². The summed E-state index contributed by atoms with van der Waals surface area (Å²) in [6.07, 6.45) is 0.254. The summed E-state index contributed by atoms with van der Waals surface area (Å²) in [5, 5.41) is 0. The minimum atomic E-state index is -0.386. The van der Waals surface area contributed by atoms with Crippen LogP contribution < -0.4 is 5.73 Å². The number of ketones is 1. The molecule has 2 nitrogen and oxygen atoms in total. The van der Waals surface area contributed by atoms with Crippen molar-refractivity contribution in [2.75, 3.05) is 0 Å². The van der Waals surface area contributed by atoms with Crippen molar-refractivity contribution in [1.29, 1.82) is 0 Å². The highest BCUT2D eigenvalue weighted by molar-refractivity contribution is 5.97. The second-order valence-corrected chi connectivity index (χ2v) is 3.56. The van der Waals surface area contributed by atoms with Crippen LogP contribution in [0.1, 0.15) is 29.3 Å². The molecule has 0 radical (unpaired) electrons. The lowest BCUT2D eigenvalue weighted by Gasteiger charge is -2.06. The molecule has 1 atom stereocenters. The van der Waals surface area contributed by atoms with E-state index in [1.807, 2.05) is 0 Å². The van der Waals surface area contributed by atoms with Gasteiger partial charge in [0.2, 0.25) is 0 Å². The minimum Gasteiger partial charge on any atom is -0.328 e. The molecule has 0 fully saturated rings. The van der Waals surface area contributed by atoms with Gasteiger partial charge in [-0.25, -0.2) is 4.39 Å². The normalized spacial score (nSPS) is 12.6. The fourth-order valence-corrected chi connectivity index (χ4v) is 1.30. The van der Waals surface area contributed by atoms with E-state index in [0.29, 0.717) is 5.56 Å². The summed E-state index contributed by atoms with van der Waals surface area (Å²) < 4.78 is 12.9. The predicted octanol–water partition coefficient (Wildman–Crippen LogP) is 2.05. The summed E-state index contributed by atoms with van der Waals surface area (Å²) in [7, 11) is 0. The van der Waals surface area contributed by atoms with Gasteiger partial charge in [-0.05, 0) is 31.5 Å². The molecule has 14 heavy (non-hydrogen) atoms. The lowest BCUT2D eigenvalue weighted by Crippen LogP contribution is -2.20. The molecule has 2 N–H and O–H groups in total. The summed E-state index contributed by atoms with van der Waals surface area (Å²) in [6.45, 7) is 3.54. The van der Waals surface area contributed by atoms with E-state index >= 15 is 0 Å². The smallest absolute Gasteiger partial charge is 0.164 e. The highest BCUT2D eigenvalue weighted by Gasteiger charge is 2.11. The standard InChI is InChI=1S/C11H14FNO/c1-7-3-4-9(12)6-10(7)11(14)5-8(2)13/h3-4,6,8H,5,13H2,1-2H3. The Balaban J connectivity index is 2.94. The highest BCUT2D eigenvalue weighted by atomic mass is 19.1. The molecule has 0 heterocycles. The molecular formula is C11H14FNO. The number of hydrogen-bond acceptors (Lipinski definition) is 2. The summed E-state index contributed by atoms with van der Waals surface area (Å²) in [6, 6.07) is 4.02. The van der Waals surface area contributed by atoms with Crippen molar-refractivity contribution in [3.05, 3.63) is 35.1 Å². The molecular weight excluding hydrogens is 181 g/mol. The van der Waals surface area contributed by atoms with Crippen LogP contribution in [0.5, 0.6) is 0 Å². The third kappa shape index (κ3) is 2.64. The topological polar surface area (TPSA) is 43.1 Å². The maximum Gasteiger partial charge on any atom is 0.164 e. The maximum absolute atomic E-state index is 12.9. The van der Waals surface area contributed by atoms with E-state index in [9.17, 15) is 9.18 Å². The second kappa shape index (κ2) is 4.33. The van der Waals surface area contributed by atoms with E-state index in [4.69, 9.17) is 5.73 Å². The van der Waals surface area contributed by atoms with Crippen molar-refractivity contribution in [3.63, 3.8) is 0 Å². The van der Waals surface area contributed by atoms with Crippen LogP contribution in [-0.4, -0.2) is 11.8 Å². The van der Waals surface area contributed by atoms with Gasteiger partial charge in [-0.1, -0.05) is 6.07 Å². The number of benzene rings is 1. The van der Waals surface area contributed by atoms with Crippen LogP contribution in [0.3, 0.4) is 0 Å². The van der Waals surface area contributed by atoms with Crippen molar-refractivity contribution in [3.8, 4) is 0 Å². The molecule has 1 unspecified atom stereocenters. The van der Waals surface area contributed by atoms with Crippen LogP contribution in [0.2, 0.25) is 0 Å². The first-order valence-corrected chi connectivity index (χ1v) is 4.55. The maximum atomic E-state index is 12.9. The summed E-state index contributed by atoms with van der Waals surface area (Å²) >= 11 is 0. The van der Waals surface area contributed by atoms with Gasteiger partial charge in [0.25, 0.3) is 0 Å². The van der Waals surface area contributed by atoms with Crippen molar-refractivity contribution in [1.82, 2.24) is 0 Å². The number of halogens is 1. The molecule has 3 heteroatoms. The number of carbonyl (C=O) groups is 1. The first-order valence-electron chi connectivity index (χ1n) is 4.55. The molecule has 0 saturated carbocycles. The molecule has 0 aliphatic rings. The number of carbonyl (C=O) groups excluding carboxylic acids is 1. The van der Waals surface area contributed by atoms with Crippen LogP contribution in [-0.2, 0) is 0 Å². The number of nitrogens with two attached hydrogens (primary N) is 1. The molecule has 76 valence electrons. The molecule has 1 aromatic rings. The van der Waals surface area contributed by atoms with E-state index in [0.717, 1.165) is 5.56 Å². The van der Waals surface area contributed by atoms with Gasteiger partial charge in [-0.15, -0.1) is 0 Å². The zero-order chi connectivity index (χ0) is 10.7. The van der Waals surface area contributed by atoms with Crippen LogP contribution in [0.15, 0.2) is 18.2 Å². The Bertz CT molecular complexity index is 347. The van der Waals surface area contributed by atoms with Crippen LogP contribution in [0.4, 0.5) is 4.39 Å². The van der Waals surface area contributed by atoms with Crippen molar-refractivity contribution < 1.29 is 9.18 Å². The van der Waals surface area contributed by atoms with Gasteiger partial charge in [-0.2, -0.15) is 0 Å². The molecule has 1 rings (SSSR count). The van der Waals surface area contributed by atoms with Gasteiger partial charge in [0, 0.05) is 18.0 Å². The fourth-order valence-electron chi connectivity index (χ4n) is 1.30. The first-order chi connectivity index (χ1) is 6.50. The molecule has 0 bridgehead atoms. The van der Waals surface area contributed by atoms with Gasteiger partial charge in [0.15, 0.2) is 5.78 Å². The van der Waals surface area contributed by atoms with E-state index in [1.165, 1.54) is 12.1 Å². The Morgan fingerprint density at radius 1 is 1.57 bits per heavy atom. The summed E-state index contributed by atoms with van der Waals surface area (Å²) in [5.41, 5.74) is 6.73. The number of aryl methyl sites for hydroxylation is 1. The number of hydrogen-bond donors (Lipinski definition) is 1. The van der Waals surface area contributed by atoms with E-state index in [1.54, 1.807) is 19.9 Å². The SMILES string of the molecule is Cc1ccc(F)cc1C(=O)CC(C)N. The number of Topliss-reactive ketones (excluding diaryl/α,β-unsaturated/α-hetero) is 1. The molecule has 0 amide bonds. The molecule has 0 spiro atoms. The number of rotatable bonds is 3. The summed E-state index contributed by atoms with van der Waals surface area (Å²) in [4.78, 5) is 11.6. The quantitative estimate of drug-likeness (QED) is 0.750. The lowest BCUT2D eigenvalue weighted by atomic mass is 10.0. The Labute approximate surface area is 82.9 Å². The monoisotopic (exact) mass is 195 g/mol. The second-order valence-electron chi connectivity index (χ2n) is 3.56. The minimum absolute atomic E-state index is 0.1000. The van der Waals surface area contributed by atoms with Crippen LogP contribution in [0, 0.1) is 12.7 Å². The summed E-state index contributed by atoms with van der Waals surface area (Å²) in [5.74, 6) is -0.486. The highest BCUT2D eigenvalue weighted by Crippen LogP contribution is 2.13. The van der Waals surface area contributed by atoms with Gasteiger partial charge < -0.3 is 5.73 Å². The van der Waals surface area contributed by atoms with Crippen molar-refractivity contribution in [2.24, 2.45) is 5.73 Å². The molecule has 0 aromatic heterocycles. The zero-order valence-corrected chi connectivity index (χ0v) is 8.38. The third-order valence-corrected chi connectivity index (χ3v) is 2.01. The Kier molecular flexibility index (Phi) is 3.36. The predicted molar refractivity (Wildman–Crippen MR) is 53.7 cm³/mol. The molecule has 1 aromatic carbocycles. The van der Waals surface area contributed by atoms with Crippen molar-refractivity contribution >= 4 is 5.78 Å². The average Bonchev–Trinajstić information content (AvgIpc) is 2.08. The van der Waals surface area contributed by atoms with Gasteiger partial charge in [0.1, 0.15) is 5.82 Å². The first kappa shape index (κ1) is 10.9. The van der Waals surface area contributed by atoms with Gasteiger partial charge in [-0.3, -0.25) is 4.79 Å². The Morgan fingerprint density at radius 3 is 2.79 bits per heavy atom. The van der Waals surface area contributed by atoms with Crippen LogP contribution >= 0.6 is 0 Å². The van der Waals surface area contributed by atoms with Gasteiger partial charge in [0.05, 0.1) is 0 Å². The molecule has 0 saturated heterocycles. The fraction of sp³-hybridized carbons (Fsp3) is 0.364. The third-order valence-electron chi connectivity index (χ3n) is 2.01. The van der Waals surface area contributed by atoms with Crippen molar-refractivity contribution in [2.45, 2.75) is 26.3 Å².